The standard InChI is InChI=1S/C20H24ClN3O4/c1-19(2)10-15(20(3,4)28-19)23-13-11-22-24(17(25)16(13)21)14-9-7-6-8-12(14)18(26)27-5/h6-9,11,15,23H,10H2,1-5H3. The van der Waals surface area contributed by atoms with Gasteiger partial charge in [0.1, 0.15) is 5.02 Å². The fourth-order valence-corrected chi connectivity index (χ4v) is 3.80. The number of nitrogens with zero attached hydrogens (tertiary/aromatic N) is 2. The molecule has 2 aromatic rings. The predicted octanol–water partition coefficient (Wildman–Crippen LogP) is 3.43. The van der Waals surface area contributed by atoms with Crippen LogP contribution >= 0.6 is 11.6 Å². The Kier molecular flexibility index (Phi) is 5.25. The molecule has 28 heavy (non-hydrogen) atoms. The van der Waals surface area contributed by atoms with Crippen LogP contribution in [0.15, 0.2) is 35.3 Å². The molecule has 0 amide bonds. The third kappa shape index (κ3) is 3.77. The van der Waals surface area contributed by atoms with Gasteiger partial charge in [-0.1, -0.05) is 23.7 Å². The van der Waals surface area contributed by atoms with Crippen molar-refractivity contribution in [1.29, 1.82) is 0 Å². The third-order valence-corrected chi connectivity index (χ3v) is 5.23. The molecule has 1 atom stereocenters. The lowest BCUT2D eigenvalue weighted by atomic mass is 9.94. The van der Waals surface area contributed by atoms with E-state index in [-0.39, 0.29) is 22.2 Å². The van der Waals surface area contributed by atoms with E-state index in [0.717, 1.165) is 11.1 Å². The maximum atomic E-state index is 12.9. The van der Waals surface area contributed by atoms with Crippen molar-refractivity contribution in [2.24, 2.45) is 0 Å². The summed E-state index contributed by atoms with van der Waals surface area (Å²) < 4.78 is 12.0. The molecule has 0 spiro atoms. The fourth-order valence-electron chi connectivity index (χ4n) is 3.62. The Morgan fingerprint density at radius 1 is 1.32 bits per heavy atom. The highest BCUT2D eigenvalue weighted by molar-refractivity contribution is 6.33. The number of hydrogen-bond acceptors (Lipinski definition) is 6. The van der Waals surface area contributed by atoms with E-state index >= 15 is 0 Å². The number of aromatic nitrogens is 2. The number of hydrogen-bond donors (Lipinski definition) is 1. The number of para-hydroxylation sites is 1. The van der Waals surface area contributed by atoms with Crippen molar-refractivity contribution in [3.8, 4) is 5.69 Å². The minimum Gasteiger partial charge on any atom is -0.465 e. The summed E-state index contributed by atoms with van der Waals surface area (Å²) in [6.45, 7) is 8.04. The molecule has 1 aromatic heterocycles. The summed E-state index contributed by atoms with van der Waals surface area (Å²) in [5.74, 6) is -0.560. The summed E-state index contributed by atoms with van der Waals surface area (Å²) in [6.07, 6.45) is 2.24. The van der Waals surface area contributed by atoms with Crippen LogP contribution in [0.1, 0.15) is 44.5 Å². The van der Waals surface area contributed by atoms with Gasteiger partial charge in [0.05, 0.1) is 47.5 Å². The van der Waals surface area contributed by atoms with E-state index in [0.29, 0.717) is 11.4 Å². The molecule has 0 bridgehead atoms. The lowest BCUT2D eigenvalue weighted by Crippen LogP contribution is -2.38. The predicted molar refractivity (Wildman–Crippen MR) is 107 cm³/mol. The van der Waals surface area contributed by atoms with Crippen molar-refractivity contribution in [3.63, 3.8) is 0 Å². The number of rotatable bonds is 4. The summed E-state index contributed by atoms with van der Waals surface area (Å²) >= 11 is 6.36. The van der Waals surface area contributed by atoms with Crippen molar-refractivity contribution in [2.45, 2.75) is 51.4 Å². The number of halogens is 1. The topological polar surface area (TPSA) is 82.5 Å². The Balaban J connectivity index is 1.98. The lowest BCUT2D eigenvalue weighted by Gasteiger charge is -2.28. The minimum absolute atomic E-state index is 0.00447. The molecule has 3 rings (SSSR count). The molecule has 1 unspecified atom stereocenters. The van der Waals surface area contributed by atoms with Crippen molar-refractivity contribution >= 4 is 23.3 Å². The Hall–Kier alpha value is -2.38. The third-order valence-electron chi connectivity index (χ3n) is 4.86. The molecule has 1 saturated heterocycles. The van der Waals surface area contributed by atoms with Gasteiger partial charge >= 0.3 is 5.97 Å². The Labute approximate surface area is 168 Å². The molecule has 1 aliphatic rings. The van der Waals surface area contributed by atoms with Crippen molar-refractivity contribution in [3.05, 3.63) is 51.4 Å². The van der Waals surface area contributed by atoms with Gasteiger partial charge in [-0.05, 0) is 46.2 Å². The van der Waals surface area contributed by atoms with Gasteiger partial charge in [-0.25, -0.2) is 4.79 Å². The van der Waals surface area contributed by atoms with Crippen LogP contribution in [0.3, 0.4) is 0 Å². The molecule has 1 aromatic carbocycles. The number of nitrogens with one attached hydrogen (secondary N) is 1. The monoisotopic (exact) mass is 405 g/mol. The number of methoxy groups -OCH3 is 1. The highest BCUT2D eigenvalue weighted by Crippen LogP contribution is 2.39. The smallest absolute Gasteiger partial charge is 0.340 e. The molecular formula is C20H24ClN3O4. The van der Waals surface area contributed by atoms with Crippen molar-refractivity contribution < 1.29 is 14.3 Å². The van der Waals surface area contributed by atoms with Gasteiger partial charge in [-0.15, -0.1) is 0 Å². The molecule has 7 nitrogen and oxygen atoms in total. The number of carbonyl (C=O) groups is 1. The molecular weight excluding hydrogens is 382 g/mol. The summed E-state index contributed by atoms with van der Waals surface area (Å²) in [4.78, 5) is 24.9. The van der Waals surface area contributed by atoms with E-state index in [1.165, 1.54) is 13.3 Å². The Morgan fingerprint density at radius 2 is 2.00 bits per heavy atom. The van der Waals surface area contributed by atoms with Gasteiger partial charge in [0, 0.05) is 0 Å². The highest BCUT2D eigenvalue weighted by atomic mass is 35.5. The first kappa shape index (κ1) is 20.4. The first-order chi connectivity index (χ1) is 13.1. The van der Waals surface area contributed by atoms with Crippen LogP contribution in [-0.2, 0) is 9.47 Å². The largest absolute Gasteiger partial charge is 0.465 e. The first-order valence-electron chi connectivity index (χ1n) is 8.98. The zero-order valence-electron chi connectivity index (χ0n) is 16.6. The summed E-state index contributed by atoms with van der Waals surface area (Å²) in [7, 11) is 1.28. The number of anilines is 1. The number of benzene rings is 1. The quantitative estimate of drug-likeness (QED) is 0.784. The number of ether oxygens (including phenoxy) is 2. The van der Waals surface area contributed by atoms with E-state index in [9.17, 15) is 9.59 Å². The average Bonchev–Trinajstić information content (AvgIpc) is 2.85. The Morgan fingerprint density at radius 3 is 2.61 bits per heavy atom. The van der Waals surface area contributed by atoms with E-state index in [2.05, 4.69) is 10.4 Å². The summed E-state index contributed by atoms with van der Waals surface area (Å²) in [5, 5.41) is 7.52. The summed E-state index contributed by atoms with van der Waals surface area (Å²) in [6, 6.07) is 6.52. The molecule has 2 heterocycles. The van der Waals surface area contributed by atoms with E-state index in [4.69, 9.17) is 21.1 Å². The first-order valence-corrected chi connectivity index (χ1v) is 9.36. The maximum absolute atomic E-state index is 12.9. The molecule has 0 radical (unpaired) electrons. The van der Waals surface area contributed by atoms with Crippen LogP contribution in [0.2, 0.25) is 5.02 Å². The van der Waals surface area contributed by atoms with Crippen LogP contribution in [0.25, 0.3) is 5.69 Å². The van der Waals surface area contributed by atoms with E-state index in [1.54, 1.807) is 24.3 Å². The zero-order valence-corrected chi connectivity index (χ0v) is 17.3. The van der Waals surface area contributed by atoms with Crippen LogP contribution < -0.4 is 10.9 Å². The Bertz CT molecular complexity index is 968. The number of esters is 1. The molecule has 1 aliphatic heterocycles. The second kappa shape index (κ2) is 7.22. The molecule has 150 valence electrons. The fraction of sp³-hybridized carbons (Fsp3) is 0.450. The molecule has 0 saturated carbocycles. The number of carbonyl (C=O) groups excluding carboxylic acids is 1. The average molecular weight is 406 g/mol. The molecule has 8 heteroatoms. The minimum atomic E-state index is -0.560. The van der Waals surface area contributed by atoms with E-state index < -0.39 is 17.1 Å². The van der Waals surface area contributed by atoms with Crippen LogP contribution in [0, 0.1) is 0 Å². The van der Waals surface area contributed by atoms with E-state index in [1.807, 2.05) is 27.7 Å². The van der Waals surface area contributed by atoms with Gasteiger partial charge in [-0.2, -0.15) is 9.78 Å². The van der Waals surface area contributed by atoms with Gasteiger partial charge in [0.25, 0.3) is 5.56 Å². The molecule has 1 fully saturated rings. The van der Waals surface area contributed by atoms with Crippen LogP contribution in [0.5, 0.6) is 0 Å². The van der Waals surface area contributed by atoms with Gasteiger partial charge in [0.15, 0.2) is 0 Å². The normalized spacial score (nSPS) is 20.0. The molecule has 1 N–H and O–H groups in total. The second-order valence-corrected chi connectivity index (χ2v) is 8.34. The van der Waals surface area contributed by atoms with Crippen LogP contribution in [0.4, 0.5) is 5.69 Å². The maximum Gasteiger partial charge on any atom is 0.340 e. The van der Waals surface area contributed by atoms with Gasteiger partial charge in [-0.3, -0.25) is 4.79 Å². The van der Waals surface area contributed by atoms with Crippen molar-refractivity contribution in [2.75, 3.05) is 12.4 Å². The van der Waals surface area contributed by atoms with Gasteiger partial charge in [0.2, 0.25) is 0 Å². The van der Waals surface area contributed by atoms with Crippen LogP contribution in [-0.4, -0.2) is 40.1 Å². The van der Waals surface area contributed by atoms with Crippen molar-refractivity contribution in [1.82, 2.24) is 9.78 Å². The molecule has 0 aliphatic carbocycles. The SMILES string of the molecule is COC(=O)c1ccccc1-n1ncc(NC2CC(C)(C)OC2(C)C)c(Cl)c1=O. The summed E-state index contributed by atoms with van der Waals surface area (Å²) in [5.41, 5.74) is -0.284. The second-order valence-electron chi connectivity index (χ2n) is 7.96. The zero-order chi connectivity index (χ0) is 20.7. The van der Waals surface area contributed by atoms with Gasteiger partial charge < -0.3 is 14.8 Å². The lowest BCUT2D eigenvalue weighted by molar-refractivity contribution is -0.0662. The highest BCUT2D eigenvalue weighted by Gasteiger charge is 2.46.